The molecule has 0 aliphatic carbocycles. The minimum Gasteiger partial charge on any atom is -0.480 e. The van der Waals surface area contributed by atoms with Gasteiger partial charge >= 0.3 is 5.97 Å². The molecule has 1 atom stereocenters. The predicted molar refractivity (Wildman–Crippen MR) is 84.1 cm³/mol. The van der Waals surface area contributed by atoms with Crippen LogP contribution in [0.15, 0.2) is 46.5 Å². The fourth-order valence-electron chi connectivity index (χ4n) is 1.66. The lowest BCUT2D eigenvalue weighted by molar-refractivity contribution is -0.138. The van der Waals surface area contributed by atoms with E-state index in [4.69, 9.17) is 34.0 Å². The molecule has 0 fully saturated rings. The maximum atomic E-state index is 10.9. The van der Waals surface area contributed by atoms with Crippen LogP contribution in [0.1, 0.15) is 5.56 Å². The lowest BCUT2D eigenvalue weighted by Gasteiger charge is -2.11. The number of benzene rings is 1. The Bertz CT molecular complexity index is 667. The van der Waals surface area contributed by atoms with Crippen molar-refractivity contribution in [2.75, 3.05) is 0 Å². The Morgan fingerprint density at radius 1 is 1.38 bits per heavy atom. The van der Waals surface area contributed by atoms with Crippen molar-refractivity contribution in [3.05, 3.63) is 52.1 Å². The van der Waals surface area contributed by atoms with Crippen molar-refractivity contribution in [1.29, 1.82) is 0 Å². The molecule has 0 bridgehead atoms. The fourth-order valence-corrected chi connectivity index (χ4v) is 3.08. The molecular formula is C14H12Cl2N2O2S. The number of aliphatic carboxylic acids is 1. The number of carboxylic acids is 1. The first-order valence-electron chi connectivity index (χ1n) is 6.02. The summed E-state index contributed by atoms with van der Waals surface area (Å²) in [5, 5.41) is 10.7. The van der Waals surface area contributed by atoms with Gasteiger partial charge in [-0.2, -0.15) is 0 Å². The van der Waals surface area contributed by atoms with E-state index in [-0.39, 0.29) is 6.42 Å². The highest BCUT2D eigenvalue weighted by Gasteiger charge is 2.16. The summed E-state index contributed by atoms with van der Waals surface area (Å²) in [6.45, 7) is 0. The summed E-state index contributed by atoms with van der Waals surface area (Å²) in [6.07, 6.45) is 1.85. The van der Waals surface area contributed by atoms with E-state index in [1.165, 1.54) is 11.8 Å². The summed E-state index contributed by atoms with van der Waals surface area (Å²) in [4.78, 5) is 15.9. The van der Waals surface area contributed by atoms with Gasteiger partial charge in [-0.3, -0.25) is 4.79 Å². The smallest absolute Gasteiger partial charge is 0.320 e. The molecule has 0 radical (unpaired) electrons. The maximum absolute atomic E-state index is 10.9. The quantitative estimate of drug-likeness (QED) is 0.869. The molecule has 2 rings (SSSR count). The molecule has 21 heavy (non-hydrogen) atoms. The molecule has 0 spiro atoms. The number of nitrogens with two attached hydrogens (primary N) is 1. The van der Waals surface area contributed by atoms with Crippen LogP contribution >= 0.6 is 35.0 Å². The molecular weight excluding hydrogens is 331 g/mol. The van der Waals surface area contributed by atoms with Gasteiger partial charge in [-0.1, -0.05) is 41.0 Å². The highest BCUT2D eigenvalue weighted by molar-refractivity contribution is 7.99. The number of rotatable bonds is 5. The van der Waals surface area contributed by atoms with Crippen molar-refractivity contribution < 1.29 is 9.90 Å². The van der Waals surface area contributed by atoms with Gasteiger partial charge < -0.3 is 10.8 Å². The molecule has 4 nitrogen and oxygen atoms in total. The minimum absolute atomic E-state index is 0.205. The summed E-state index contributed by atoms with van der Waals surface area (Å²) < 4.78 is 0. The van der Waals surface area contributed by atoms with Gasteiger partial charge in [0.05, 0.1) is 5.02 Å². The number of carbonyl (C=O) groups is 1. The third-order valence-corrected chi connectivity index (χ3v) is 4.50. The molecule has 1 heterocycles. The first-order chi connectivity index (χ1) is 9.97. The van der Waals surface area contributed by atoms with Crippen LogP contribution in [0.4, 0.5) is 0 Å². The highest BCUT2D eigenvalue weighted by Crippen LogP contribution is 2.35. The van der Waals surface area contributed by atoms with Crippen LogP contribution in [-0.2, 0) is 11.2 Å². The summed E-state index contributed by atoms with van der Waals surface area (Å²) in [5.41, 5.74) is 6.35. The SMILES string of the molecule is NC(Cc1cccnc1Sc1ccc(Cl)cc1Cl)C(=O)O. The number of hydrogen-bond donors (Lipinski definition) is 2. The first-order valence-corrected chi connectivity index (χ1v) is 7.60. The number of hydrogen-bond acceptors (Lipinski definition) is 4. The average Bonchev–Trinajstić information content (AvgIpc) is 2.43. The molecule has 1 unspecified atom stereocenters. The molecule has 1 aromatic carbocycles. The molecule has 3 N–H and O–H groups in total. The van der Waals surface area contributed by atoms with E-state index in [0.29, 0.717) is 15.1 Å². The van der Waals surface area contributed by atoms with Crippen molar-refractivity contribution >= 4 is 40.9 Å². The Morgan fingerprint density at radius 3 is 2.81 bits per heavy atom. The zero-order chi connectivity index (χ0) is 15.4. The van der Waals surface area contributed by atoms with Crippen LogP contribution in [0.2, 0.25) is 10.0 Å². The first kappa shape index (κ1) is 16.1. The van der Waals surface area contributed by atoms with Gasteiger partial charge in [0, 0.05) is 22.5 Å². The van der Waals surface area contributed by atoms with Crippen molar-refractivity contribution in [2.45, 2.75) is 22.4 Å². The van der Waals surface area contributed by atoms with Gasteiger partial charge in [0.15, 0.2) is 0 Å². The number of aromatic nitrogens is 1. The van der Waals surface area contributed by atoms with E-state index in [9.17, 15) is 4.79 Å². The second kappa shape index (κ2) is 7.13. The zero-order valence-corrected chi connectivity index (χ0v) is 13.1. The van der Waals surface area contributed by atoms with Crippen molar-refractivity contribution in [2.24, 2.45) is 5.73 Å². The number of carboxylic acid groups (broad SMARTS) is 1. The number of pyridine rings is 1. The van der Waals surface area contributed by atoms with E-state index in [2.05, 4.69) is 4.98 Å². The van der Waals surface area contributed by atoms with Crippen LogP contribution in [0.3, 0.4) is 0 Å². The fraction of sp³-hybridized carbons (Fsp3) is 0.143. The maximum Gasteiger partial charge on any atom is 0.320 e. The zero-order valence-electron chi connectivity index (χ0n) is 10.8. The van der Waals surface area contributed by atoms with Crippen LogP contribution < -0.4 is 5.73 Å². The highest BCUT2D eigenvalue weighted by atomic mass is 35.5. The Morgan fingerprint density at radius 2 is 2.14 bits per heavy atom. The van der Waals surface area contributed by atoms with Gasteiger partial charge in [-0.05, 0) is 29.8 Å². The van der Waals surface area contributed by atoms with Gasteiger partial charge in [0.1, 0.15) is 11.1 Å². The van der Waals surface area contributed by atoms with Crippen molar-refractivity contribution in [3.63, 3.8) is 0 Å². The molecule has 0 aliphatic heterocycles. The Kier molecular flexibility index (Phi) is 5.47. The van der Waals surface area contributed by atoms with Crippen molar-refractivity contribution in [1.82, 2.24) is 4.98 Å². The Hall–Kier alpha value is -1.27. The Balaban J connectivity index is 2.26. The third-order valence-electron chi connectivity index (χ3n) is 2.71. The second-order valence-electron chi connectivity index (χ2n) is 4.29. The predicted octanol–water partition coefficient (Wildman–Crippen LogP) is 3.49. The Labute approximate surface area is 136 Å². The molecule has 0 amide bonds. The van der Waals surface area contributed by atoms with Crippen LogP contribution in [0.5, 0.6) is 0 Å². The van der Waals surface area contributed by atoms with E-state index in [1.807, 2.05) is 6.07 Å². The molecule has 1 aromatic heterocycles. The van der Waals surface area contributed by atoms with Gasteiger partial charge in [0.25, 0.3) is 0 Å². The summed E-state index contributed by atoms with van der Waals surface area (Å²) in [6, 6.07) is 7.78. The number of halogens is 2. The largest absolute Gasteiger partial charge is 0.480 e. The normalized spacial score (nSPS) is 12.1. The summed E-state index contributed by atoms with van der Waals surface area (Å²) in [7, 11) is 0. The average molecular weight is 343 g/mol. The summed E-state index contributed by atoms with van der Waals surface area (Å²) in [5.74, 6) is -1.04. The van der Waals surface area contributed by atoms with Crippen LogP contribution in [-0.4, -0.2) is 22.1 Å². The molecule has 110 valence electrons. The summed E-state index contributed by atoms with van der Waals surface area (Å²) >= 11 is 13.4. The van der Waals surface area contributed by atoms with Gasteiger partial charge in [-0.15, -0.1) is 0 Å². The van der Waals surface area contributed by atoms with Crippen LogP contribution in [0, 0.1) is 0 Å². The van der Waals surface area contributed by atoms with Crippen molar-refractivity contribution in [3.8, 4) is 0 Å². The minimum atomic E-state index is -1.04. The van der Waals surface area contributed by atoms with E-state index in [0.717, 1.165) is 10.5 Å². The lowest BCUT2D eigenvalue weighted by atomic mass is 10.1. The van der Waals surface area contributed by atoms with E-state index < -0.39 is 12.0 Å². The van der Waals surface area contributed by atoms with Crippen LogP contribution in [0.25, 0.3) is 0 Å². The topological polar surface area (TPSA) is 76.2 Å². The lowest BCUT2D eigenvalue weighted by Crippen LogP contribution is -2.32. The molecule has 7 heteroatoms. The number of nitrogens with zero attached hydrogens (tertiary/aromatic N) is 1. The molecule has 0 aliphatic rings. The molecule has 0 saturated heterocycles. The molecule has 0 saturated carbocycles. The van der Waals surface area contributed by atoms with E-state index in [1.54, 1.807) is 30.5 Å². The second-order valence-corrected chi connectivity index (χ2v) is 6.17. The standard InChI is InChI=1S/C14H12Cl2N2O2S/c15-9-3-4-12(10(16)7-9)21-13-8(2-1-5-18-13)6-11(17)14(19)20/h1-5,7,11H,6,17H2,(H,19,20). The monoisotopic (exact) mass is 342 g/mol. The van der Waals surface area contributed by atoms with Gasteiger partial charge in [0.2, 0.25) is 0 Å². The van der Waals surface area contributed by atoms with Gasteiger partial charge in [-0.25, -0.2) is 4.98 Å². The third kappa shape index (κ3) is 4.35. The molecule has 2 aromatic rings. The van der Waals surface area contributed by atoms with E-state index >= 15 is 0 Å².